The number of fused-ring (bicyclic) bond motifs is 1. The van der Waals surface area contributed by atoms with Gasteiger partial charge in [-0.3, -0.25) is 4.79 Å². The molecule has 2 rings (SSSR count). The van der Waals surface area contributed by atoms with E-state index in [9.17, 15) is 4.79 Å². The van der Waals surface area contributed by atoms with Gasteiger partial charge in [0.15, 0.2) is 0 Å². The lowest BCUT2D eigenvalue weighted by Crippen LogP contribution is -2.18. The molecule has 148 valence electrons. The minimum atomic E-state index is -0.216. The van der Waals surface area contributed by atoms with E-state index in [0.717, 1.165) is 46.9 Å². The van der Waals surface area contributed by atoms with Gasteiger partial charge in [0, 0.05) is 5.39 Å². The van der Waals surface area contributed by atoms with E-state index in [-0.39, 0.29) is 11.9 Å². The summed E-state index contributed by atoms with van der Waals surface area (Å²) in [6, 6.07) is 10.3. The van der Waals surface area contributed by atoms with E-state index < -0.39 is 0 Å². The van der Waals surface area contributed by atoms with E-state index in [2.05, 4.69) is 32.0 Å². The van der Waals surface area contributed by atoms with E-state index in [1.54, 1.807) is 0 Å². The molecule has 2 aromatic carbocycles. The molecule has 0 amide bonds. The number of ether oxygens (including phenoxy) is 2. The van der Waals surface area contributed by atoms with Crippen molar-refractivity contribution >= 4 is 16.7 Å². The summed E-state index contributed by atoms with van der Waals surface area (Å²) in [5.74, 6) is 0.567. The van der Waals surface area contributed by atoms with Crippen LogP contribution in [-0.2, 0) is 9.53 Å². The molecule has 0 radical (unpaired) electrons. The zero-order chi connectivity index (χ0) is 19.6. The van der Waals surface area contributed by atoms with Crippen molar-refractivity contribution in [3.05, 3.63) is 41.5 Å². The van der Waals surface area contributed by atoms with Crippen molar-refractivity contribution in [1.29, 1.82) is 0 Å². The van der Waals surface area contributed by atoms with Gasteiger partial charge in [-0.25, -0.2) is 0 Å². The Morgan fingerprint density at radius 2 is 1.67 bits per heavy atom. The zero-order valence-corrected chi connectivity index (χ0v) is 17.3. The normalized spacial score (nSPS) is 12.1. The third-order valence-electron chi connectivity index (χ3n) is 5.07. The number of carbonyl (C=O) groups excluding carboxylic acids is 1. The maximum Gasteiger partial charge on any atom is 0.313 e. The number of carbonyl (C=O) groups is 1. The second kappa shape index (κ2) is 11.0. The average molecular weight is 371 g/mol. The lowest BCUT2D eigenvalue weighted by molar-refractivity contribution is -0.145. The molecular weight excluding hydrogens is 336 g/mol. The third kappa shape index (κ3) is 5.47. The van der Waals surface area contributed by atoms with E-state index in [1.165, 1.54) is 19.3 Å². The van der Waals surface area contributed by atoms with E-state index in [0.29, 0.717) is 13.2 Å². The van der Waals surface area contributed by atoms with Gasteiger partial charge in [-0.2, -0.15) is 0 Å². The number of hydrogen-bond donors (Lipinski definition) is 0. The topological polar surface area (TPSA) is 35.5 Å². The van der Waals surface area contributed by atoms with Crippen LogP contribution in [0, 0.1) is 6.92 Å². The van der Waals surface area contributed by atoms with Crippen molar-refractivity contribution in [2.75, 3.05) is 13.2 Å². The highest BCUT2D eigenvalue weighted by atomic mass is 16.5. The summed E-state index contributed by atoms with van der Waals surface area (Å²) in [7, 11) is 0. The van der Waals surface area contributed by atoms with E-state index in [4.69, 9.17) is 9.47 Å². The van der Waals surface area contributed by atoms with Crippen LogP contribution >= 0.6 is 0 Å². The number of esters is 1. The smallest absolute Gasteiger partial charge is 0.313 e. The maximum absolute atomic E-state index is 12.8. The molecule has 0 aliphatic carbocycles. The van der Waals surface area contributed by atoms with Gasteiger partial charge in [-0.05, 0) is 49.8 Å². The fraction of sp³-hybridized carbons (Fsp3) is 0.542. The lowest BCUT2D eigenvalue weighted by Gasteiger charge is -2.22. The Balaban J connectivity index is 2.41. The van der Waals surface area contributed by atoms with Crippen LogP contribution in [0.2, 0.25) is 0 Å². The summed E-state index contributed by atoms with van der Waals surface area (Å²) in [6.07, 6.45) is 6.76. The number of rotatable bonds is 11. The zero-order valence-electron chi connectivity index (χ0n) is 17.3. The van der Waals surface area contributed by atoms with Gasteiger partial charge in [-0.1, -0.05) is 63.3 Å². The van der Waals surface area contributed by atoms with Crippen LogP contribution in [0.15, 0.2) is 30.3 Å². The average Bonchev–Trinajstić information content (AvgIpc) is 2.66. The largest absolute Gasteiger partial charge is 0.493 e. The third-order valence-corrected chi connectivity index (χ3v) is 5.07. The number of hydrogen-bond acceptors (Lipinski definition) is 3. The Bertz CT molecular complexity index is 736. The molecule has 0 N–H and O–H groups in total. The van der Waals surface area contributed by atoms with Crippen molar-refractivity contribution in [2.45, 2.75) is 72.1 Å². The molecule has 0 bridgehead atoms. The second-order valence-corrected chi connectivity index (χ2v) is 7.09. The van der Waals surface area contributed by atoms with Crippen molar-refractivity contribution < 1.29 is 14.3 Å². The van der Waals surface area contributed by atoms with Crippen LogP contribution in [0.25, 0.3) is 10.8 Å². The fourth-order valence-electron chi connectivity index (χ4n) is 3.81. The number of unbranched alkanes of at least 4 members (excludes halogenated alkanes) is 4. The molecule has 1 unspecified atom stereocenters. The maximum atomic E-state index is 12.8. The SMILES string of the molecule is CCCCCCCC(C(=O)OCC)c1c(C)cc(OCC)c2ccccc12. The Morgan fingerprint density at radius 3 is 2.33 bits per heavy atom. The van der Waals surface area contributed by atoms with Crippen LogP contribution in [0.1, 0.15) is 76.3 Å². The molecule has 0 saturated carbocycles. The van der Waals surface area contributed by atoms with Gasteiger partial charge in [0.25, 0.3) is 0 Å². The molecule has 0 heterocycles. The molecule has 0 fully saturated rings. The standard InChI is InChI=1S/C24H34O3/c1-5-8-9-10-11-16-21(24(25)27-7-3)23-18(4)17-22(26-6-2)19-14-12-13-15-20(19)23/h12-15,17,21H,5-11,16H2,1-4H3. The summed E-state index contributed by atoms with van der Waals surface area (Å²) in [4.78, 5) is 12.8. The van der Waals surface area contributed by atoms with Crippen molar-refractivity contribution in [3.8, 4) is 5.75 Å². The molecule has 0 aliphatic rings. The molecule has 3 heteroatoms. The monoisotopic (exact) mass is 370 g/mol. The summed E-state index contributed by atoms with van der Waals surface area (Å²) in [5, 5.41) is 2.17. The summed E-state index contributed by atoms with van der Waals surface area (Å²) < 4.78 is 11.3. The molecule has 0 aliphatic heterocycles. The number of aryl methyl sites for hydroxylation is 1. The van der Waals surface area contributed by atoms with Gasteiger partial charge in [0.1, 0.15) is 5.75 Å². The molecule has 0 aromatic heterocycles. The van der Waals surface area contributed by atoms with Crippen LogP contribution in [0.4, 0.5) is 0 Å². The predicted molar refractivity (Wildman–Crippen MR) is 113 cm³/mol. The molecule has 0 spiro atoms. The summed E-state index contributed by atoms with van der Waals surface area (Å²) >= 11 is 0. The highest BCUT2D eigenvalue weighted by Crippen LogP contribution is 2.38. The van der Waals surface area contributed by atoms with Gasteiger partial charge in [-0.15, -0.1) is 0 Å². The van der Waals surface area contributed by atoms with Crippen molar-refractivity contribution in [3.63, 3.8) is 0 Å². The van der Waals surface area contributed by atoms with Crippen LogP contribution < -0.4 is 4.74 Å². The summed E-state index contributed by atoms with van der Waals surface area (Å²) in [5.41, 5.74) is 2.20. The first-order valence-electron chi connectivity index (χ1n) is 10.5. The molecule has 0 saturated heterocycles. The first-order valence-corrected chi connectivity index (χ1v) is 10.5. The molecule has 1 atom stereocenters. The Kier molecular flexibility index (Phi) is 8.63. The van der Waals surface area contributed by atoms with E-state index in [1.807, 2.05) is 26.0 Å². The van der Waals surface area contributed by atoms with Crippen molar-refractivity contribution in [1.82, 2.24) is 0 Å². The van der Waals surface area contributed by atoms with Gasteiger partial charge >= 0.3 is 5.97 Å². The Labute approximate surface area is 164 Å². The number of benzene rings is 2. The van der Waals surface area contributed by atoms with Crippen LogP contribution in [0.3, 0.4) is 0 Å². The highest BCUT2D eigenvalue weighted by molar-refractivity contribution is 5.96. The predicted octanol–water partition coefficient (Wildman–Crippen LogP) is 6.55. The van der Waals surface area contributed by atoms with Crippen LogP contribution in [-0.4, -0.2) is 19.2 Å². The molecule has 27 heavy (non-hydrogen) atoms. The molecule has 2 aromatic rings. The van der Waals surface area contributed by atoms with Crippen molar-refractivity contribution in [2.24, 2.45) is 0 Å². The Morgan fingerprint density at radius 1 is 0.963 bits per heavy atom. The lowest BCUT2D eigenvalue weighted by atomic mass is 9.85. The second-order valence-electron chi connectivity index (χ2n) is 7.09. The fourth-order valence-corrected chi connectivity index (χ4v) is 3.81. The van der Waals surface area contributed by atoms with Gasteiger partial charge in [0.2, 0.25) is 0 Å². The Hall–Kier alpha value is -2.03. The minimum Gasteiger partial charge on any atom is -0.493 e. The first kappa shape index (κ1) is 21.3. The molecular formula is C24H34O3. The minimum absolute atomic E-state index is 0.106. The first-order chi connectivity index (χ1) is 13.1. The van der Waals surface area contributed by atoms with Gasteiger partial charge < -0.3 is 9.47 Å². The quantitative estimate of drug-likeness (QED) is 0.332. The van der Waals surface area contributed by atoms with Gasteiger partial charge in [0.05, 0.1) is 19.1 Å². The highest BCUT2D eigenvalue weighted by Gasteiger charge is 2.26. The van der Waals surface area contributed by atoms with E-state index >= 15 is 0 Å². The van der Waals surface area contributed by atoms with Crippen LogP contribution in [0.5, 0.6) is 5.75 Å². The molecule has 3 nitrogen and oxygen atoms in total. The summed E-state index contributed by atoms with van der Waals surface area (Å²) in [6.45, 7) is 9.21.